The van der Waals surface area contributed by atoms with Crippen LogP contribution >= 0.6 is 0 Å². The molecule has 0 saturated heterocycles. The van der Waals surface area contributed by atoms with Gasteiger partial charge in [0.2, 0.25) is 0 Å². The average Bonchev–Trinajstić information content (AvgIpc) is 2.34. The Kier molecular flexibility index (Phi) is 4.11. The topological polar surface area (TPSA) is 58.9 Å². The van der Waals surface area contributed by atoms with Crippen molar-refractivity contribution in [1.82, 2.24) is 0 Å². The second-order valence-corrected chi connectivity index (χ2v) is 7.06. The van der Waals surface area contributed by atoms with Gasteiger partial charge >= 0.3 is 0 Å². The lowest BCUT2D eigenvalue weighted by Gasteiger charge is -2.35. The van der Waals surface area contributed by atoms with Crippen molar-refractivity contribution in [1.29, 1.82) is 0 Å². The highest BCUT2D eigenvalue weighted by molar-refractivity contribution is 5.58. The van der Waals surface area contributed by atoms with Gasteiger partial charge in [0.15, 0.2) is 0 Å². The highest BCUT2D eigenvalue weighted by Crippen LogP contribution is 2.45. The zero-order valence-electron chi connectivity index (χ0n) is 13.6. The molecule has 4 heteroatoms. The molecule has 1 aromatic rings. The Balaban J connectivity index is 2.45. The maximum absolute atomic E-state index is 10.3. The number of benzene rings is 1. The summed E-state index contributed by atoms with van der Waals surface area (Å²) in [5, 5.41) is 20.2. The summed E-state index contributed by atoms with van der Waals surface area (Å²) in [6.07, 6.45) is 2.90. The molecule has 0 radical (unpaired) electrons. The van der Waals surface area contributed by atoms with E-state index in [0.29, 0.717) is 18.6 Å². The Morgan fingerprint density at radius 1 is 1.38 bits per heavy atom. The number of hydrogen-bond donors (Lipinski definition) is 2. The minimum atomic E-state index is -0.774. The van der Waals surface area contributed by atoms with Gasteiger partial charge < -0.3 is 19.7 Å². The van der Waals surface area contributed by atoms with Gasteiger partial charge in [0.05, 0.1) is 12.7 Å². The fourth-order valence-electron chi connectivity index (χ4n) is 2.68. The molecule has 4 nitrogen and oxygen atoms in total. The lowest BCUT2D eigenvalue weighted by atomic mass is 9.89. The van der Waals surface area contributed by atoms with Gasteiger partial charge in [0, 0.05) is 17.2 Å². The van der Waals surface area contributed by atoms with Gasteiger partial charge in [-0.3, -0.25) is 0 Å². The van der Waals surface area contributed by atoms with Crippen molar-refractivity contribution in [3.05, 3.63) is 17.2 Å². The van der Waals surface area contributed by atoms with Gasteiger partial charge in [-0.2, -0.15) is 0 Å². The van der Waals surface area contributed by atoms with Crippen LogP contribution in [0.2, 0.25) is 0 Å². The number of fused-ring (bicyclic) bond motifs is 1. The predicted octanol–water partition coefficient (Wildman–Crippen LogP) is 3.21. The SMILES string of the molecule is COc1cc(O)c(CCC(C)(C)O)c2c1CCC(C)(C)O2. The van der Waals surface area contributed by atoms with E-state index in [0.717, 1.165) is 29.7 Å². The summed E-state index contributed by atoms with van der Waals surface area (Å²) in [7, 11) is 1.60. The maximum Gasteiger partial charge on any atom is 0.133 e. The van der Waals surface area contributed by atoms with E-state index in [2.05, 4.69) is 0 Å². The number of ether oxygens (including phenoxy) is 2. The van der Waals surface area contributed by atoms with E-state index in [1.54, 1.807) is 27.0 Å². The van der Waals surface area contributed by atoms with Crippen LogP contribution in [0.25, 0.3) is 0 Å². The summed E-state index contributed by atoms with van der Waals surface area (Å²) < 4.78 is 11.5. The van der Waals surface area contributed by atoms with Crippen molar-refractivity contribution >= 4 is 0 Å². The Bertz CT molecular complexity index is 527. The van der Waals surface area contributed by atoms with Gasteiger partial charge in [0.1, 0.15) is 22.8 Å². The lowest BCUT2D eigenvalue weighted by Crippen LogP contribution is -2.33. The fraction of sp³-hybridized carbons (Fsp3) is 0.647. The second-order valence-electron chi connectivity index (χ2n) is 7.06. The molecule has 0 saturated carbocycles. The van der Waals surface area contributed by atoms with Crippen molar-refractivity contribution in [3.8, 4) is 17.2 Å². The number of methoxy groups -OCH3 is 1. The van der Waals surface area contributed by atoms with Crippen LogP contribution in [0.3, 0.4) is 0 Å². The Labute approximate surface area is 126 Å². The molecule has 0 aromatic heterocycles. The molecule has 1 aromatic carbocycles. The molecule has 0 bridgehead atoms. The van der Waals surface area contributed by atoms with Crippen LogP contribution in [0.1, 0.15) is 51.7 Å². The van der Waals surface area contributed by atoms with Gasteiger partial charge in [-0.1, -0.05) is 0 Å². The number of aliphatic hydroxyl groups is 1. The van der Waals surface area contributed by atoms with E-state index in [-0.39, 0.29) is 11.4 Å². The third kappa shape index (κ3) is 3.62. The molecule has 118 valence electrons. The third-order valence-electron chi connectivity index (χ3n) is 3.98. The van der Waals surface area contributed by atoms with E-state index < -0.39 is 5.60 Å². The molecule has 0 spiro atoms. The predicted molar refractivity (Wildman–Crippen MR) is 82.3 cm³/mol. The minimum Gasteiger partial charge on any atom is -0.507 e. The number of phenolic OH excluding ortho intramolecular Hbond substituents is 1. The number of hydrogen-bond acceptors (Lipinski definition) is 4. The quantitative estimate of drug-likeness (QED) is 0.895. The van der Waals surface area contributed by atoms with Gasteiger partial charge in [-0.15, -0.1) is 0 Å². The first-order valence-electron chi connectivity index (χ1n) is 7.46. The van der Waals surface area contributed by atoms with Crippen LogP contribution in [-0.4, -0.2) is 28.5 Å². The van der Waals surface area contributed by atoms with Crippen molar-refractivity contribution in [2.75, 3.05) is 7.11 Å². The number of rotatable bonds is 4. The molecule has 2 rings (SSSR count). The Morgan fingerprint density at radius 2 is 2.05 bits per heavy atom. The van der Waals surface area contributed by atoms with E-state index in [4.69, 9.17) is 9.47 Å². The molecule has 0 fully saturated rings. The summed E-state index contributed by atoms with van der Waals surface area (Å²) in [6.45, 7) is 7.63. The molecule has 0 aliphatic carbocycles. The molecular formula is C17H26O4. The first-order chi connectivity index (χ1) is 9.63. The van der Waals surface area contributed by atoms with Crippen LogP contribution in [-0.2, 0) is 12.8 Å². The average molecular weight is 294 g/mol. The van der Waals surface area contributed by atoms with E-state index >= 15 is 0 Å². The standard InChI is InChI=1S/C17H26O4/c1-16(2,19)8-6-11-13(18)10-14(20-5)12-7-9-17(3,4)21-15(11)12/h10,18-19H,6-9H2,1-5H3. The summed E-state index contributed by atoms with van der Waals surface area (Å²) in [5.74, 6) is 1.57. The third-order valence-corrected chi connectivity index (χ3v) is 3.98. The van der Waals surface area contributed by atoms with Crippen LogP contribution in [0.15, 0.2) is 6.07 Å². The fourth-order valence-corrected chi connectivity index (χ4v) is 2.68. The van der Waals surface area contributed by atoms with Gasteiger partial charge in [-0.05, 0) is 53.4 Å². The molecular weight excluding hydrogens is 268 g/mol. The molecule has 2 N–H and O–H groups in total. The number of aromatic hydroxyl groups is 1. The van der Waals surface area contributed by atoms with Crippen LogP contribution in [0, 0.1) is 0 Å². The van der Waals surface area contributed by atoms with Crippen LogP contribution in [0.5, 0.6) is 17.2 Å². The van der Waals surface area contributed by atoms with Gasteiger partial charge in [-0.25, -0.2) is 0 Å². The zero-order valence-corrected chi connectivity index (χ0v) is 13.6. The second kappa shape index (κ2) is 5.41. The normalized spacial score (nSPS) is 17.0. The van der Waals surface area contributed by atoms with E-state index in [9.17, 15) is 10.2 Å². The lowest BCUT2D eigenvalue weighted by molar-refractivity contribution is 0.0679. The molecule has 0 amide bonds. The van der Waals surface area contributed by atoms with Crippen molar-refractivity contribution < 1.29 is 19.7 Å². The molecule has 1 aliphatic rings. The Morgan fingerprint density at radius 3 is 2.62 bits per heavy atom. The number of phenols is 1. The molecule has 1 heterocycles. The van der Waals surface area contributed by atoms with Crippen LogP contribution in [0.4, 0.5) is 0 Å². The Hall–Kier alpha value is -1.42. The summed E-state index contributed by atoms with van der Waals surface area (Å²) in [5.41, 5.74) is 0.750. The highest BCUT2D eigenvalue weighted by Gasteiger charge is 2.32. The van der Waals surface area contributed by atoms with Crippen molar-refractivity contribution in [2.24, 2.45) is 0 Å². The minimum absolute atomic E-state index is 0.174. The zero-order chi connectivity index (χ0) is 15.8. The van der Waals surface area contributed by atoms with E-state index in [1.807, 2.05) is 13.8 Å². The molecule has 21 heavy (non-hydrogen) atoms. The maximum atomic E-state index is 10.3. The van der Waals surface area contributed by atoms with Crippen molar-refractivity contribution in [2.45, 2.75) is 64.6 Å². The summed E-state index contributed by atoms with van der Waals surface area (Å²) >= 11 is 0. The monoisotopic (exact) mass is 294 g/mol. The molecule has 1 aliphatic heterocycles. The highest BCUT2D eigenvalue weighted by atomic mass is 16.5. The van der Waals surface area contributed by atoms with E-state index in [1.165, 1.54) is 0 Å². The largest absolute Gasteiger partial charge is 0.507 e. The molecule has 0 atom stereocenters. The molecule has 0 unspecified atom stereocenters. The van der Waals surface area contributed by atoms with Crippen molar-refractivity contribution in [3.63, 3.8) is 0 Å². The summed E-state index contributed by atoms with van der Waals surface area (Å²) in [6, 6.07) is 1.65. The first-order valence-corrected chi connectivity index (χ1v) is 7.46. The smallest absolute Gasteiger partial charge is 0.133 e. The first kappa shape index (κ1) is 16.0. The van der Waals surface area contributed by atoms with Crippen LogP contribution < -0.4 is 9.47 Å². The summed E-state index contributed by atoms with van der Waals surface area (Å²) in [4.78, 5) is 0. The van der Waals surface area contributed by atoms with Gasteiger partial charge in [0.25, 0.3) is 0 Å².